The Morgan fingerprint density at radius 1 is 1.06 bits per heavy atom. The second kappa shape index (κ2) is 10.5. The summed E-state index contributed by atoms with van der Waals surface area (Å²) < 4.78 is 7.48. The van der Waals surface area contributed by atoms with E-state index in [9.17, 15) is 4.79 Å². The van der Waals surface area contributed by atoms with Crippen LogP contribution in [0.1, 0.15) is 21.7 Å². The molecule has 0 saturated carbocycles. The van der Waals surface area contributed by atoms with Gasteiger partial charge in [-0.25, -0.2) is 4.99 Å². The number of rotatable bonds is 8. The van der Waals surface area contributed by atoms with Gasteiger partial charge in [-0.2, -0.15) is 0 Å². The van der Waals surface area contributed by atoms with E-state index in [1.54, 1.807) is 7.11 Å². The van der Waals surface area contributed by atoms with Gasteiger partial charge in [-0.1, -0.05) is 65.4 Å². The second-order valence-electron chi connectivity index (χ2n) is 7.31. The molecule has 2 heterocycles. The van der Waals surface area contributed by atoms with Gasteiger partial charge in [0.2, 0.25) is 0 Å². The number of aryl methyl sites for hydroxylation is 1. The standard InChI is InChI=1S/C25H25N3O2S2/c1-18-11-13-19(14-12-18)22-24(27-23(29)21-10-6-17-31-21)32-25(28(22)15-7-16-30-2)26-20-8-4-3-5-9-20/h3-6,8-14,17H,7,15-16H2,1-2H3,(H,27,29). The van der Waals surface area contributed by atoms with Gasteiger partial charge in [-0.15, -0.1) is 11.3 Å². The summed E-state index contributed by atoms with van der Waals surface area (Å²) in [4.78, 5) is 19.3. The molecular formula is C25H25N3O2S2. The first kappa shape index (κ1) is 22.2. The Hall–Kier alpha value is -3.00. The minimum atomic E-state index is -0.107. The van der Waals surface area contributed by atoms with Gasteiger partial charge in [0.25, 0.3) is 5.91 Å². The molecule has 2 aromatic carbocycles. The number of ether oxygens (including phenoxy) is 1. The van der Waals surface area contributed by atoms with Crippen molar-refractivity contribution in [3.63, 3.8) is 0 Å². The van der Waals surface area contributed by atoms with E-state index in [1.165, 1.54) is 28.2 Å². The molecule has 7 heteroatoms. The van der Waals surface area contributed by atoms with Crippen LogP contribution in [0.5, 0.6) is 0 Å². The Labute approximate surface area is 195 Å². The molecular weight excluding hydrogens is 438 g/mol. The van der Waals surface area contributed by atoms with Crippen molar-refractivity contribution in [2.45, 2.75) is 19.9 Å². The highest BCUT2D eigenvalue weighted by Crippen LogP contribution is 2.32. The van der Waals surface area contributed by atoms with Crippen LogP contribution < -0.4 is 10.1 Å². The summed E-state index contributed by atoms with van der Waals surface area (Å²) in [6.07, 6.45) is 0.840. The number of carbonyl (C=O) groups is 1. The molecule has 2 aromatic heterocycles. The molecule has 0 bridgehead atoms. The van der Waals surface area contributed by atoms with E-state index >= 15 is 0 Å². The predicted octanol–water partition coefficient (Wildman–Crippen LogP) is 6.11. The molecule has 0 fully saturated rings. The molecule has 1 amide bonds. The molecule has 0 unspecified atom stereocenters. The third kappa shape index (κ3) is 5.24. The summed E-state index contributed by atoms with van der Waals surface area (Å²) >= 11 is 2.92. The van der Waals surface area contributed by atoms with Crippen molar-refractivity contribution < 1.29 is 9.53 Å². The second-order valence-corrected chi connectivity index (χ2v) is 9.23. The first-order valence-corrected chi connectivity index (χ1v) is 12.1. The summed E-state index contributed by atoms with van der Waals surface area (Å²) in [6, 6.07) is 22.0. The fourth-order valence-corrected chi connectivity index (χ4v) is 5.05. The number of methoxy groups -OCH3 is 1. The highest BCUT2D eigenvalue weighted by atomic mass is 32.1. The molecule has 0 aliphatic heterocycles. The van der Waals surface area contributed by atoms with Crippen molar-refractivity contribution in [3.05, 3.63) is 87.4 Å². The number of nitrogens with zero attached hydrogens (tertiary/aromatic N) is 2. The van der Waals surface area contributed by atoms with E-state index in [1.807, 2.05) is 47.8 Å². The van der Waals surface area contributed by atoms with E-state index in [0.717, 1.165) is 39.7 Å². The highest BCUT2D eigenvalue weighted by Gasteiger charge is 2.19. The topological polar surface area (TPSA) is 55.6 Å². The van der Waals surface area contributed by atoms with Crippen LogP contribution in [0.3, 0.4) is 0 Å². The molecule has 0 aliphatic carbocycles. The largest absolute Gasteiger partial charge is 0.385 e. The summed E-state index contributed by atoms with van der Waals surface area (Å²) in [5, 5.41) is 5.84. The first-order valence-electron chi connectivity index (χ1n) is 10.4. The Kier molecular flexibility index (Phi) is 7.32. The van der Waals surface area contributed by atoms with Crippen molar-refractivity contribution >= 4 is 39.3 Å². The SMILES string of the molecule is COCCCn1c(-c2ccc(C)cc2)c(NC(=O)c2cccs2)sc1=Nc1ccccc1. The van der Waals surface area contributed by atoms with E-state index in [4.69, 9.17) is 9.73 Å². The van der Waals surface area contributed by atoms with Crippen molar-refractivity contribution in [2.75, 3.05) is 19.0 Å². The molecule has 4 rings (SSSR count). The molecule has 4 aromatic rings. The van der Waals surface area contributed by atoms with Crippen molar-refractivity contribution in [3.8, 4) is 11.3 Å². The lowest BCUT2D eigenvalue weighted by Crippen LogP contribution is -2.17. The average Bonchev–Trinajstić information content (AvgIpc) is 3.45. The van der Waals surface area contributed by atoms with Gasteiger partial charge in [0.15, 0.2) is 4.80 Å². The number of benzene rings is 2. The van der Waals surface area contributed by atoms with Crippen LogP contribution in [0, 0.1) is 6.92 Å². The number of para-hydroxylation sites is 1. The van der Waals surface area contributed by atoms with Crippen LogP contribution >= 0.6 is 22.7 Å². The number of thiophene rings is 1. The maximum absolute atomic E-state index is 12.9. The number of amides is 1. The van der Waals surface area contributed by atoms with Gasteiger partial charge in [0.1, 0.15) is 5.00 Å². The lowest BCUT2D eigenvalue weighted by molar-refractivity contribution is 0.103. The fraction of sp³-hybridized carbons (Fsp3) is 0.200. The zero-order valence-corrected chi connectivity index (χ0v) is 19.7. The number of thiazole rings is 1. The Balaban J connectivity index is 1.86. The average molecular weight is 464 g/mol. The fourth-order valence-electron chi connectivity index (χ4n) is 3.34. The number of nitrogens with one attached hydrogen (secondary N) is 1. The summed E-state index contributed by atoms with van der Waals surface area (Å²) in [5.41, 5.74) is 4.07. The predicted molar refractivity (Wildman–Crippen MR) is 133 cm³/mol. The molecule has 32 heavy (non-hydrogen) atoms. The van der Waals surface area contributed by atoms with Gasteiger partial charge >= 0.3 is 0 Å². The number of aromatic nitrogens is 1. The van der Waals surface area contributed by atoms with E-state index < -0.39 is 0 Å². The number of carbonyl (C=O) groups excluding carboxylic acids is 1. The number of hydrogen-bond donors (Lipinski definition) is 1. The van der Waals surface area contributed by atoms with Crippen molar-refractivity contribution in [1.29, 1.82) is 0 Å². The number of hydrogen-bond acceptors (Lipinski definition) is 5. The molecule has 1 N–H and O–H groups in total. The molecule has 5 nitrogen and oxygen atoms in total. The highest BCUT2D eigenvalue weighted by molar-refractivity contribution is 7.14. The summed E-state index contributed by atoms with van der Waals surface area (Å²) in [5.74, 6) is -0.107. The maximum atomic E-state index is 12.9. The van der Waals surface area contributed by atoms with Crippen LogP contribution in [0.15, 0.2) is 77.1 Å². The zero-order chi connectivity index (χ0) is 22.3. The summed E-state index contributed by atoms with van der Waals surface area (Å²) in [6.45, 7) is 3.45. The quantitative estimate of drug-likeness (QED) is 0.321. The van der Waals surface area contributed by atoms with Gasteiger partial charge in [-0.3, -0.25) is 4.79 Å². The van der Waals surface area contributed by atoms with E-state index in [2.05, 4.69) is 41.1 Å². The number of anilines is 1. The molecule has 0 aliphatic rings. The third-order valence-corrected chi connectivity index (χ3v) is 6.78. The maximum Gasteiger partial charge on any atom is 0.266 e. The van der Waals surface area contributed by atoms with Crippen LogP contribution in [0.25, 0.3) is 11.3 Å². The Bertz CT molecular complexity index is 1220. The normalized spacial score (nSPS) is 11.6. The zero-order valence-electron chi connectivity index (χ0n) is 18.1. The molecule has 0 radical (unpaired) electrons. The smallest absolute Gasteiger partial charge is 0.266 e. The van der Waals surface area contributed by atoms with Gasteiger partial charge in [0, 0.05) is 25.8 Å². The molecule has 0 saturated heterocycles. The third-order valence-electron chi connectivity index (χ3n) is 4.92. The molecule has 164 valence electrons. The van der Waals surface area contributed by atoms with E-state index in [-0.39, 0.29) is 5.91 Å². The van der Waals surface area contributed by atoms with Gasteiger partial charge in [-0.05, 0) is 36.9 Å². The van der Waals surface area contributed by atoms with Crippen LogP contribution in [0.2, 0.25) is 0 Å². The minimum Gasteiger partial charge on any atom is -0.385 e. The van der Waals surface area contributed by atoms with E-state index in [0.29, 0.717) is 11.5 Å². The monoisotopic (exact) mass is 463 g/mol. The molecule has 0 atom stereocenters. The Morgan fingerprint density at radius 2 is 1.84 bits per heavy atom. The Morgan fingerprint density at radius 3 is 2.53 bits per heavy atom. The first-order chi connectivity index (χ1) is 15.7. The van der Waals surface area contributed by atoms with Gasteiger partial charge < -0.3 is 14.6 Å². The van der Waals surface area contributed by atoms with Crippen molar-refractivity contribution in [2.24, 2.45) is 4.99 Å². The molecule has 0 spiro atoms. The van der Waals surface area contributed by atoms with Crippen molar-refractivity contribution in [1.82, 2.24) is 4.57 Å². The lowest BCUT2D eigenvalue weighted by Gasteiger charge is -2.12. The van der Waals surface area contributed by atoms with Crippen LogP contribution in [-0.4, -0.2) is 24.2 Å². The van der Waals surface area contributed by atoms with Crippen LogP contribution in [0.4, 0.5) is 10.7 Å². The summed E-state index contributed by atoms with van der Waals surface area (Å²) in [7, 11) is 1.71. The van der Waals surface area contributed by atoms with Gasteiger partial charge in [0.05, 0.1) is 16.3 Å². The lowest BCUT2D eigenvalue weighted by atomic mass is 10.1. The van der Waals surface area contributed by atoms with Crippen LogP contribution in [-0.2, 0) is 11.3 Å². The minimum absolute atomic E-state index is 0.107.